The zero-order chi connectivity index (χ0) is 18.0. The molecule has 0 fully saturated rings. The Kier molecular flexibility index (Phi) is 4.90. The van der Waals surface area contributed by atoms with E-state index in [0.717, 1.165) is 11.3 Å². The molecular formula is C19H19N3O2S. The van der Waals surface area contributed by atoms with Crippen LogP contribution >= 0.6 is 11.8 Å². The Morgan fingerprint density at radius 3 is 2.52 bits per heavy atom. The Morgan fingerprint density at radius 2 is 1.80 bits per heavy atom. The second-order valence-corrected chi connectivity index (χ2v) is 6.86. The van der Waals surface area contributed by atoms with Crippen molar-refractivity contribution in [3.05, 3.63) is 64.4 Å². The molecule has 0 spiro atoms. The van der Waals surface area contributed by atoms with Crippen molar-refractivity contribution >= 4 is 28.6 Å². The van der Waals surface area contributed by atoms with Crippen LogP contribution in [0.15, 0.2) is 58.5 Å². The van der Waals surface area contributed by atoms with Crippen molar-refractivity contribution < 1.29 is 4.79 Å². The van der Waals surface area contributed by atoms with Crippen molar-refractivity contribution in [2.24, 2.45) is 0 Å². The molecule has 1 aromatic heterocycles. The number of aryl methyl sites for hydroxylation is 1. The number of thioether (sulfide) groups is 1. The van der Waals surface area contributed by atoms with Crippen molar-refractivity contribution in [2.75, 3.05) is 19.8 Å². The highest BCUT2D eigenvalue weighted by atomic mass is 32.2. The summed E-state index contributed by atoms with van der Waals surface area (Å²) in [6.45, 7) is 1.95. The lowest BCUT2D eigenvalue weighted by atomic mass is 10.2. The standard InChI is InChI=1S/C19H19N3O2S/c1-13-8-4-7-11-16(13)22-18(24)14-9-5-6-10-15(14)20-19(22)25-12-17(23)21(2)3/h4-11H,12H2,1-3H3. The van der Waals surface area contributed by atoms with Crippen LogP contribution in [0.1, 0.15) is 5.56 Å². The van der Waals surface area contributed by atoms with Crippen molar-refractivity contribution in [3.63, 3.8) is 0 Å². The predicted molar refractivity (Wildman–Crippen MR) is 101 cm³/mol. The van der Waals surface area contributed by atoms with Gasteiger partial charge in [-0.15, -0.1) is 0 Å². The summed E-state index contributed by atoms with van der Waals surface area (Å²) < 4.78 is 1.60. The number of carbonyl (C=O) groups excluding carboxylic acids is 1. The summed E-state index contributed by atoms with van der Waals surface area (Å²) in [6, 6.07) is 14.9. The average molecular weight is 353 g/mol. The van der Waals surface area contributed by atoms with E-state index < -0.39 is 0 Å². The van der Waals surface area contributed by atoms with Crippen molar-refractivity contribution in [2.45, 2.75) is 12.1 Å². The largest absolute Gasteiger partial charge is 0.348 e. The minimum Gasteiger partial charge on any atom is -0.348 e. The number of hydrogen-bond donors (Lipinski definition) is 0. The van der Waals surface area contributed by atoms with E-state index in [4.69, 9.17) is 0 Å². The third-order valence-electron chi connectivity index (χ3n) is 3.92. The van der Waals surface area contributed by atoms with Gasteiger partial charge in [0.25, 0.3) is 5.56 Å². The first kappa shape index (κ1) is 17.2. The number of hydrogen-bond acceptors (Lipinski definition) is 4. The fraction of sp³-hybridized carbons (Fsp3) is 0.211. The molecule has 25 heavy (non-hydrogen) atoms. The molecule has 1 heterocycles. The van der Waals surface area contributed by atoms with E-state index in [2.05, 4.69) is 4.98 Å². The van der Waals surface area contributed by atoms with Gasteiger partial charge in [-0.05, 0) is 30.7 Å². The highest BCUT2D eigenvalue weighted by molar-refractivity contribution is 7.99. The van der Waals surface area contributed by atoms with Gasteiger partial charge in [0.05, 0.1) is 22.3 Å². The molecular weight excluding hydrogens is 334 g/mol. The van der Waals surface area contributed by atoms with E-state index in [0.29, 0.717) is 16.1 Å². The van der Waals surface area contributed by atoms with E-state index in [-0.39, 0.29) is 17.2 Å². The predicted octanol–water partition coefficient (Wildman–Crippen LogP) is 2.87. The van der Waals surface area contributed by atoms with Gasteiger partial charge in [0, 0.05) is 14.1 Å². The maximum Gasteiger partial charge on any atom is 0.266 e. The van der Waals surface area contributed by atoms with E-state index in [1.54, 1.807) is 24.7 Å². The van der Waals surface area contributed by atoms with Gasteiger partial charge < -0.3 is 4.90 Å². The maximum absolute atomic E-state index is 13.1. The molecule has 128 valence electrons. The summed E-state index contributed by atoms with van der Waals surface area (Å²) in [5, 5.41) is 1.09. The second kappa shape index (κ2) is 7.11. The number of para-hydroxylation sites is 2. The average Bonchev–Trinajstić information content (AvgIpc) is 2.60. The molecule has 1 amide bonds. The normalized spacial score (nSPS) is 10.8. The molecule has 0 saturated heterocycles. The molecule has 0 aliphatic carbocycles. The van der Waals surface area contributed by atoms with Crippen molar-refractivity contribution in [1.82, 2.24) is 14.5 Å². The van der Waals surface area contributed by atoms with E-state index >= 15 is 0 Å². The Morgan fingerprint density at radius 1 is 1.12 bits per heavy atom. The lowest BCUT2D eigenvalue weighted by molar-refractivity contribution is -0.125. The SMILES string of the molecule is Cc1ccccc1-n1c(SCC(=O)N(C)C)nc2ccccc2c1=O. The molecule has 2 aromatic carbocycles. The van der Waals surface area contributed by atoms with Crippen LogP contribution in [0.2, 0.25) is 0 Å². The number of rotatable bonds is 4. The van der Waals surface area contributed by atoms with Crippen LogP contribution in [0.25, 0.3) is 16.6 Å². The monoisotopic (exact) mass is 353 g/mol. The first-order valence-electron chi connectivity index (χ1n) is 7.90. The molecule has 0 saturated carbocycles. The maximum atomic E-state index is 13.1. The fourth-order valence-electron chi connectivity index (χ4n) is 2.49. The first-order valence-corrected chi connectivity index (χ1v) is 8.88. The minimum atomic E-state index is -0.125. The summed E-state index contributed by atoms with van der Waals surface area (Å²) in [5.74, 6) is 0.202. The third kappa shape index (κ3) is 3.44. The van der Waals surface area contributed by atoms with E-state index in [1.165, 1.54) is 16.7 Å². The molecule has 0 bridgehead atoms. The number of carbonyl (C=O) groups is 1. The Hall–Kier alpha value is -2.60. The lowest BCUT2D eigenvalue weighted by Gasteiger charge is -2.15. The minimum absolute atomic E-state index is 0.0243. The lowest BCUT2D eigenvalue weighted by Crippen LogP contribution is -2.26. The van der Waals surface area contributed by atoms with Crippen molar-refractivity contribution in [3.8, 4) is 5.69 Å². The van der Waals surface area contributed by atoms with Gasteiger partial charge >= 0.3 is 0 Å². The van der Waals surface area contributed by atoms with Crippen LogP contribution in [-0.2, 0) is 4.79 Å². The van der Waals surface area contributed by atoms with Gasteiger partial charge in [0.2, 0.25) is 5.91 Å². The van der Waals surface area contributed by atoms with Crippen LogP contribution in [0.4, 0.5) is 0 Å². The Labute approximate surface area is 150 Å². The topological polar surface area (TPSA) is 55.2 Å². The summed E-state index contributed by atoms with van der Waals surface area (Å²) in [5.41, 5.74) is 2.27. The Balaban J connectivity index is 2.20. The fourth-order valence-corrected chi connectivity index (χ4v) is 3.48. The number of nitrogens with zero attached hydrogens (tertiary/aromatic N) is 3. The van der Waals surface area contributed by atoms with Gasteiger partial charge in [-0.1, -0.05) is 42.1 Å². The van der Waals surface area contributed by atoms with Crippen molar-refractivity contribution in [1.29, 1.82) is 0 Å². The van der Waals surface area contributed by atoms with Gasteiger partial charge in [0.15, 0.2) is 5.16 Å². The zero-order valence-electron chi connectivity index (χ0n) is 14.4. The summed E-state index contributed by atoms with van der Waals surface area (Å²) in [4.78, 5) is 31.2. The van der Waals surface area contributed by atoms with Crippen LogP contribution in [0, 0.1) is 6.92 Å². The number of amides is 1. The molecule has 3 aromatic rings. The highest BCUT2D eigenvalue weighted by Gasteiger charge is 2.16. The number of aromatic nitrogens is 2. The highest BCUT2D eigenvalue weighted by Crippen LogP contribution is 2.23. The quantitative estimate of drug-likeness (QED) is 0.535. The molecule has 0 aliphatic heterocycles. The molecule has 5 nitrogen and oxygen atoms in total. The van der Waals surface area contributed by atoms with Gasteiger partial charge in [0.1, 0.15) is 0 Å². The van der Waals surface area contributed by atoms with Gasteiger partial charge in [-0.3, -0.25) is 14.2 Å². The Bertz CT molecular complexity index is 995. The van der Waals surface area contributed by atoms with E-state index in [9.17, 15) is 9.59 Å². The molecule has 6 heteroatoms. The van der Waals surface area contributed by atoms with Crippen LogP contribution in [-0.4, -0.2) is 40.2 Å². The molecule has 0 N–H and O–H groups in total. The van der Waals surface area contributed by atoms with Crippen LogP contribution in [0.5, 0.6) is 0 Å². The molecule has 0 radical (unpaired) electrons. The van der Waals surface area contributed by atoms with E-state index in [1.807, 2.05) is 49.4 Å². The zero-order valence-corrected chi connectivity index (χ0v) is 15.2. The second-order valence-electron chi connectivity index (χ2n) is 5.92. The van der Waals surface area contributed by atoms with Crippen LogP contribution < -0.4 is 5.56 Å². The first-order chi connectivity index (χ1) is 12.0. The molecule has 0 atom stereocenters. The molecule has 3 rings (SSSR count). The van der Waals surface area contributed by atoms with Gasteiger partial charge in [-0.25, -0.2) is 4.98 Å². The molecule has 0 unspecified atom stereocenters. The summed E-state index contributed by atoms with van der Waals surface area (Å²) in [7, 11) is 3.43. The van der Waals surface area contributed by atoms with Crippen LogP contribution in [0.3, 0.4) is 0 Å². The summed E-state index contributed by atoms with van der Waals surface area (Å²) >= 11 is 1.28. The smallest absolute Gasteiger partial charge is 0.266 e. The summed E-state index contributed by atoms with van der Waals surface area (Å²) in [6.07, 6.45) is 0. The molecule has 0 aliphatic rings. The number of benzene rings is 2. The van der Waals surface area contributed by atoms with Gasteiger partial charge in [-0.2, -0.15) is 0 Å². The number of fused-ring (bicyclic) bond motifs is 1. The third-order valence-corrected chi connectivity index (χ3v) is 4.85.